The van der Waals surface area contributed by atoms with Crippen molar-refractivity contribution in [3.05, 3.63) is 119 Å². The molecule has 2 heterocycles. The first kappa shape index (κ1) is 25.8. The molecule has 200 valence electrons. The van der Waals surface area contributed by atoms with Crippen molar-refractivity contribution < 1.29 is 28.7 Å². The second kappa shape index (κ2) is 10.6. The molecule has 6 rings (SSSR count). The van der Waals surface area contributed by atoms with E-state index in [0.29, 0.717) is 28.3 Å². The first-order chi connectivity index (χ1) is 19.5. The van der Waals surface area contributed by atoms with Crippen LogP contribution < -0.4 is 19.4 Å². The average Bonchev–Trinajstić information content (AvgIpc) is 3.50. The van der Waals surface area contributed by atoms with Crippen molar-refractivity contribution in [2.24, 2.45) is 5.92 Å². The number of para-hydroxylation sites is 1. The number of hydrogen-bond acceptors (Lipinski definition) is 7. The Morgan fingerprint density at radius 2 is 1.48 bits per heavy atom. The van der Waals surface area contributed by atoms with Crippen LogP contribution in [0, 0.1) is 5.92 Å². The van der Waals surface area contributed by atoms with E-state index < -0.39 is 29.9 Å². The molecule has 8 nitrogen and oxygen atoms in total. The predicted octanol–water partition coefficient (Wildman–Crippen LogP) is 5.73. The first-order valence-corrected chi connectivity index (χ1v) is 13.3. The summed E-state index contributed by atoms with van der Waals surface area (Å²) in [6.07, 6.45) is -1.01. The number of methoxy groups -OCH3 is 1. The zero-order valence-electron chi connectivity index (χ0n) is 21.3. The minimum atomic E-state index is -1.01. The highest BCUT2D eigenvalue weighted by atomic mass is 79.9. The normalized spacial score (nSPS) is 20.0. The molecule has 4 aromatic carbocycles. The molecule has 2 aliphatic rings. The van der Waals surface area contributed by atoms with Gasteiger partial charge >= 0.3 is 5.97 Å². The summed E-state index contributed by atoms with van der Waals surface area (Å²) in [5.74, 6) is -1.60. The van der Waals surface area contributed by atoms with Crippen LogP contribution in [0.3, 0.4) is 0 Å². The molecule has 2 saturated heterocycles. The number of carbonyl (C=O) groups excluding carboxylic acids is 3. The van der Waals surface area contributed by atoms with Crippen LogP contribution >= 0.6 is 15.9 Å². The van der Waals surface area contributed by atoms with Gasteiger partial charge < -0.3 is 9.47 Å². The molecule has 0 radical (unpaired) electrons. The molecular weight excluding hydrogens is 576 g/mol. The van der Waals surface area contributed by atoms with Gasteiger partial charge in [-0.1, -0.05) is 58.4 Å². The van der Waals surface area contributed by atoms with E-state index in [9.17, 15) is 14.4 Å². The van der Waals surface area contributed by atoms with Gasteiger partial charge in [-0.05, 0) is 66.2 Å². The first-order valence-electron chi connectivity index (χ1n) is 12.6. The van der Waals surface area contributed by atoms with Gasteiger partial charge in [0.1, 0.15) is 5.92 Å². The van der Waals surface area contributed by atoms with E-state index in [2.05, 4.69) is 15.9 Å². The number of esters is 1. The minimum absolute atomic E-state index is 0.229. The van der Waals surface area contributed by atoms with Crippen LogP contribution in [-0.2, 0) is 14.4 Å². The third kappa shape index (κ3) is 4.53. The van der Waals surface area contributed by atoms with Crippen LogP contribution in [0.5, 0.6) is 11.5 Å². The van der Waals surface area contributed by atoms with Crippen molar-refractivity contribution >= 4 is 45.1 Å². The summed E-state index contributed by atoms with van der Waals surface area (Å²) in [5, 5.41) is 1.61. The van der Waals surface area contributed by atoms with Gasteiger partial charge in [-0.15, -0.1) is 0 Å². The smallest absolute Gasteiger partial charge is 0.343 e. The van der Waals surface area contributed by atoms with Gasteiger partial charge in [0.15, 0.2) is 17.6 Å². The number of nitrogens with zero attached hydrogens (tertiary/aromatic N) is 2. The van der Waals surface area contributed by atoms with E-state index in [0.717, 1.165) is 4.47 Å². The number of halogens is 1. The Hall–Kier alpha value is -4.47. The Kier molecular flexibility index (Phi) is 6.83. The summed E-state index contributed by atoms with van der Waals surface area (Å²) in [7, 11) is 1.47. The number of carbonyl (C=O) groups is 3. The predicted molar refractivity (Wildman–Crippen MR) is 151 cm³/mol. The van der Waals surface area contributed by atoms with E-state index in [1.165, 1.54) is 12.0 Å². The van der Waals surface area contributed by atoms with Gasteiger partial charge in [0, 0.05) is 4.47 Å². The SMILES string of the molecule is COc1cc([C@@H]2[C@H]3C(=O)N(c4ccc(Br)cc4)C(=O)[C@@H]3ON2c2ccccc2)ccc1OC(=O)c1ccccc1. The van der Waals surface area contributed by atoms with Crippen LogP contribution in [0.25, 0.3) is 0 Å². The number of imide groups is 1. The summed E-state index contributed by atoms with van der Waals surface area (Å²) in [4.78, 5) is 47.5. The molecule has 0 aliphatic carbocycles. The molecule has 0 N–H and O–H groups in total. The molecule has 3 atom stereocenters. The van der Waals surface area contributed by atoms with Crippen molar-refractivity contribution in [2.75, 3.05) is 17.1 Å². The number of hydroxylamine groups is 1. The Labute approximate surface area is 238 Å². The van der Waals surface area contributed by atoms with E-state index in [4.69, 9.17) is 14.3 Å². The molecule has 4 aromatic rings. The fraction of sp³-hybridized carbons (Fsp3) is 0.129. The van der Waals surface area contributed by atoms with Gasteiger partial charge in [-0.3, -0.25) is 14.4 Å². The zero-order valence-corrected chi connectivity index (χ0v) is 22.9. The van der Waals surface area contributed by atoms with Crippen molar-refractivity contribution in [2.45, 2.75) is 12.1 Å². The van der Waals surface area contributed by atoms with E-state index in [1.807, 2.05) is 36.4 Å². The number of rotatable bonds is 6. The lowest BCUT2D eigenvalue weighted by Gasteiger charge is -2.29. The van der Waals surface area contributed by atoms with E-state index >= 15 is 0 Å². The monoisotopic (exact) mass is 598 g/mol. The third-order valence-electron chi connectivity index (χ3n) is 6.95. The zero-order chi connectivity index (χ0) is 27.8. The molecule has 9 heteroatoms. The quantitative estimate of drug-likeness (QED) is 0.159. The fourth-order valence-electron chi connectivity index (χ4n) is 5.08. The minimum Gasteiger partial charge on any atom is -0.493 e. The number of anilines is 2. The number of ether oxygens (including phenoxy) is 2. The summed E-state index contributed by atoms with van der Waals surface area (Å²) < 4.78 is 12.0. The molecule has 0 bridgehead atoms. The Bertz CT molecular complexity index is 1580. The number of hydrogen-bond donors (Lipinski definition) is 0. The van der Waals surface area contributed by atoms with Gasteiger partial charge in [-0.25, -0.2) is 14.8 Å². The van der Waals surface area contributed by atoms with Gasteiger partial charge in [0.2, 0.25) is 5.91 Å². The maximum atomic E-state index is 13.9. The lowest BCUT2D eigenvalue weighted by molar-refractivity contribution is -0.126. The fourth-order valence-corrected chi connectivity index (χ4v) is 5.35. The molecule has 0 saturated carbocycles. The van der Waals surface area contributed by atoms with Gasteiger partial charge in [0.05, 0.1) is 30.1 Å². The highest BCUT2D eigenvalue weighted by Gasteiger charge is 2.60. The van der Waals surface area contributed by atoms with Crippen molar-refractivity contribution in [3.8, 4) is 11.5 Å². The summed E-state index contributed by atoms with van der Waals surface area (Å²) in [5.41, 5.74) is 2.23. The molecule has 2 fully saturated rings. The van der Waals surface area contributed by atoms with E-state index in [-0.39, 0.29) is 11.7 Å². The van der Waals surface area contributed by atoms with Crippen molar-refractivity contribution in [3.63, 3.8) is 0 Å². The molecular formula is C31H23BrN2O6. The molecule has 2 amide bonds. The molecule has 0 aromatic heterocycles. The van der Waals surface area contributed by atoms with Gasteiger partial charge in [-0.2, -0.15) is 0 Å². The Morgan fingerprint density at radius 3 is 2.15 bits per heavy atom. The van der Waals surface area contributed by atoms with Crippen LogP contribution in [0.2, 0.25) is 0 Å². The highest BCUT2D eigenvalue weighted by Crippen LogP contribution is 2.48. The highest BCUT2D eigenvalue weighted by molar-refractivity contribution is 9.10. The van der Waals surface area contributed by atoms with Crippen molar-refractivity contribution in [1.82, 2.24) is 0 Å². The van der Waals surface area contributed by atoms with Crippen LogP contribution in [0.1, 0.15) is 22.0 Å². The topological polar surface area (TPSA) is 85.4 Å². The summed E-state index contributed by atoms with van der Waals surface area (Å²) in [6, 6.07) is 29.3. The third-order valence-corrected chi connectivity index (χ3v) is 7.48. The van der Waals surface area contributed by atoms with E-state index in [1.54, 1.807) is 71.8 Å². The van der Waals surface area contributed by atoms with Gasteiger partial charge in [0.25, 0.3) is 5.91 Å². The van der Waals surface area contributed by atoms with Crippen molar-refractivity contribution in [1.29, 1.82) is 0 Å². The lowest BCUT2D eigenvalue weighted by Crippen LogP contribution is -2.37. The van der Waals surface area contributed by atoms with Crippen LogP contribution in [0.4, 0.5) is 11.4 Å². The molecule has 2 aliphatic heterocycles. The average molecular weight is 599 g/mol. The maximum absolute atomic E-state index is 13.9. The Morgan fingerprint density at radius 1 is 0.800 bits per heavy atom. The number of fused-ring (bicyclic) bond motifs is 1. The van der Waals surface area contributed by atoms with Crippen LogP contribution in [-0.4, -0.2) is 31.0 Å². The Balaban J connectivity index is 1.38. The summed E-state index contributed by atoms with van der Waals surface area (Å²) >= 11 is 3.39. The second-order valence-corrected chi connectivity index (χ2v) is 10.2. The lowest BCUT2D eigenvalue weighted by atomic mass is 9.90. The second-order valence-electron chi connectivity index (χ2n) is 9.31. The summed E-state index contributed by atoms with van der Waals surface area (Å²) in [6.45, 7) is 0. The molecule has 0 spiro atoms. The largest absolute Gasteiger partial charge is 0.493 e. The number of amides is 2. The maximum Gasteiger partial charge on any atom is 0.343 e. The molecule has 40 heavy (non-hydrogen) atoms. The standard InChI is InChI=1S/C31H23BrN2O6/c1-38-25-18-20(12-17-24(25)39-31(37)19-8-4-2-5-9-19)27-26-28(40-34(27)23-10-6-3-7-11-23)30(36)33(29(26)35)22-15-13-21(32)14-16-22/h2-18,26-28H,1H3/t26-,27-,28-/m1/s1. The molecule has 0 unspecified atom stereocenters. The number of benzene rings is 4. The van der Waals surface area contributed by atoms with Crippen LogP contribution in [0.15, 0.2) is 108 Å².